The first kappa shape index (κ1) is 10.9. The lowest BCUT2D eigenvalue weighted by atomic mass is 10.2. The molecule has 1 aliphatic rings. The molecule has 1 aromatic rings. The van der Waals surface area contributed by atoms with Crippen LogP contribution in [0.15, 0.2) is 17.2 Å². The Hall–Kier alpha value is -1.65. The minimum atomic E-state index is -0.285. The number of hydrogen-bond donors (Lipinski definition) is 1. The molecule has 5 nitrogen and oxygen atoms in total. The molecule has 1 fully saturated rings. The molecular formula is C11H15N3O2. The largest absolute Gasteiger partial charge is 0.337 e. The second-order valence-corrected chi connectivity index (χ2v) is 4.00. The zero-order chi connectivity index (χ0) is 11.4. The molecule has 5 heteroatoms. The molecule has 0 radical (unpaired) electrons. The van der Waals surface area contributed by atoms with E-state index in [9.17, 15) is 9.59 Å². The van der Waals surface area contributed by atoms with Crippen LogP contribution in [0.25, 0.3) is 0 Å². The first-order chi connectivity index (χ1) is 7.77. The molecule has 1 aromatic heterocycles. The molecule has 1 N–H and O–H groups in total. The van der Waals surface area contributed by atoms with Gasteiger partial charge < -0.3 is 9.88 Å². The van der Waals surface area contributed by atoms with Crippen molar-refractivity contribution < 1.29 is 4.79 Å². The van der Waals surface area contributed by atoms with Crippen LogP contribution < -0.4 is 5.56 Å². The average Bonchev–Trinajstić information content (AvgIpc) is 2.57. The fraction of sp³-hybridized carbons (Fsp3) is 0.545. The van der Waals surface area contributed by atoms with Crippen LogP contribution in [0.4, 0.5) is 0 Å². The summed E-state index contributed by atoms with van der Waals surface area (Å²) >= 11 is 0. The van der Waals surface area contributed by atoms with Crippen LogP contribution in [0.2, 0.25) is 0 Å². The highest BCUT2D eigenvalue weighted by molar-refractivity contribution is 5.91. The van der Waals surface area contributed by atoms with Gasteiger partial charge in [0.25, 0.3) is 11.5 Å². The summed E-state index contributed by atoms with van der Waals surface area (Å²) < 4.78 is 0. The minimum Gasteiger partial charge on any atom is -0.337 e. The number of nitrogens with one attached hydrogen (secondary N) is 1. The Morgan fingerprint density at radius 2 is 1.94 bits per heavy atom. The standard InChI is InChI=1S/C11H15N3O2/c15-10-8-12-9(7-13-10)11(16)14-5-3-1-2-4-6-14/h7-8H,1-6H2,(H,13,15). The number of amides is 1. The lowest BCUT2D eigenvalue weighted by Crippen LogP contribution is -2.32. The van der Waals surface area contributed by atoms with E-state index in [1.54, 1.807) is 0 Å². The van der Waals surface area contributed by atoms with Gasteiger partial charge in [-0.25, -0.2) is 4.98 Å². The number of carbonyl (C=O) groups is 1. The van der Waals surface area contributed by atoms with Gasteiger partial charge in [0.1, 0.15) is 5.69 Å². The van der Waals surface area contributed by atoms with Crippen molar-refractivity contribution >= 4 is 5.91 Å². The van der Waals surface area contributed by atoms with Crippen molar-refractivity contribution in [2.45, 2.75) is 25.7 Å². The Kier molecular flexibility index (Phi) is 3.34. The first-order valence-electron chi connectivity index (χ1n) is 5.61. The molecule has 0 aliphatic carbocycles. The van der Waals surface area contributed by atoms with Gasteiger partial charge in [-0.05, 0) is 12.8 Å². The monoisotopic (exact) mass is 221 g/mol. The summed E-state index contributed by atoms with van der Waals surface area (Å²) in [6.07, 6.45) is 7.00. The Labute approximate surface area is 93.5 Å². The van der Waals surface area contributed by atoms with Gasteiger partial charge in [-0.3, -0.25) is 9.59 Å². The van der Waals surface area contributed by atoms with Crippen LogP contribution in [0.1, 0.15) is 36.2 Å². The maximum Gasteiger partial charge on any atom is 0.273 e. The maximum atomic E-state index is 12.0. The zero-order valence-corrected chi connectivity index (χ0v) is 9.11. The number of aromatic amines is 1. The topological polar surface area (TPSA) is 66.1 Å². The van der Waals surface area contributed by atoms with E-state index in [-0.39, 0.29) is 11.5 Å². The van der Waals surface area contributed by atoms with E-state index in [2.05, 4.69) is 9.97 Å². The van der Waals surface area contributed by atoms with Gasteiger partial charge >= 0.3 is 0 Å². The smallest absolute Gasteiger partial charge is 0.273 e. The van der Waals surface area contributed by atoms with Crippen molar-refractivity contribution in [1.82, 2.24) is 14.9 Å². The molecule has 16 heavy (non-hydrogen) atoms. The van der Waals surface area contributed by atoms with E-state index in [1.165, 1.54) is 19.0 Å². The molecule has 86 valence electrons. The molecule has 1 amide bonds. The molecule has 2 heterocycles. The molecule has 0 unspecified atom stereocenters. The van der Waals surface area contributed by atoms with Crippen LogP contribution in [0, 0.1) is 0 Å². The lowest BCUT2D eigenvalue weighted by Gasteiger charge is -2.19. The van der Waals surface area contributed by atoms with E-state index < -0.39 is 0 Å². The van der Waals surface area contributed by atoms with Gasteiger partial charge in [0.15, 0.2) is 0 Å². The molecule has 0 bridgehead atoms. The summed E-state index contributed by atoms with van der Waals surface area (Å²) in [5.74, 6) is -0.0850. The Bertz CT molecular complexity index is 399. The molecule has 0 saturated carbocycles. The highest BCUT2D eigenvalue weighted by atomic mass is 16.2. The van der Waals surface area contributed by atoms with Crippen molar-refractivity contribution in [3.8, 4) is 0 Å². The predicted octanol–water partition coefficient (Wildman–Crippen LogP) is 0.786. The second kappa shape index (κ2) is 4.92. The number of rotatable bonds is 1. The normalized spacial score (nSPS) is 16.9. The van der Waals surface area contributed by atoms with Crippen LogP contribution in [-0.4, -0.2) is 33.9 Å². The van der Waals surface area contributed by atoms with E-state index in [0.717, 1.165) is 32.1 Å². The van der Waals surface area contributed by atoms with Crippen LogP contribution >= 0.6 is 0 Å². The fourth-order valence-corrected chi connectivity index (χ4v) is 1.89. The molecule has 1 saturated heterocycles. The molecule has 0 atom stereocenters. The molecule has 0 spiro atoms. The maximum absolute atomic E-state index is 12.0. The quantitative estimate of drug-likeness (QED) is 0.762. The number of aromatic nitrogens is 2. The lowest BCUT2D eigenvalue weighted by molar-refractivity contribution is 0.0755. The third-order valence-electron chi connectivity index (χ3n) is 2.78. The summed E-state index contributed by atoms with van der Waals surface area (Å²) in [4.78, 5) is 31.0. The summed E-state index contributed by atoms with van der Waals surface area (Å²) in [7, 11) is 0. The Balaban J connectivity index is 2.11. The number of carbonyl (C=O) groups excluding carboxylic acids is 1. The van der Waals surface area contributed by atoms with E-state index in [4.69, 9.17) is 0 Å². The van der Waals surface area contributed by atoms with Gasteiger partial charge in [-0.15, -0.1) is 0 Å². The van der Waals surface area contributed by atoms with Crippen molar-refractivity contribution in [2.24, 2.45) is 0 Å². The van der Waals surface area contributed by atoms with Crippen molar-refractivity contribution in [2.75, 3.05) is 13.1 Å². The van der Waals surface area contributed by atoms with Gasteiger partial charge in [-0.2, -0.15) is 0 Å². The zero-order valence-electron chi connectivity index (χ0n) is 9.11. The Morgan fingerprint density at radius 1 is 1.25 bits per heavy atom. The van der Waals surface area contributed by atoms with Gasteiger partial charge in [0, 0.05) is 19.3 Å². The second-order valence-electron chi connectivity index (χ2n) is 4.00. The summed E-state index contributed by atoms with van der Waals surface area (Å²) in [5.41, 5.74) is 0.0360. The van der Waals surface area contributed by atoms with E-state index >= 15 is 0 Å². The third-order valence-corrected chi connectivity index (χ3v) is 2.78. The van der Waals surface area contributed by atoms with Gasteiger partial charge in [0.05, 0.1) is 6.20 Å². The van der Waals surface area contributed by atoms with Gasteiger partial charge in [0.2, 0.25) is 0 Å². The molecular weight excluding hydrogens is 206 g/mol. The molecule has 0 aromatic carbocycles. The summed E-state index contributed by atoms with van der Waals surface area (Å²) in [5, 5.41) is 0. The van der Waals surface area contributed by atoms with E-state index in [0.29, 0.717) is 5.69 Å². The number of H-pyrrole nitrogens is 1. The highest BCUT2D eigenvalue weighted by Crippen LogP contribution is 2.11. The Morgan fingerprint density at radius 3 is 2.50 bits per heavy atom. The number of nitrogens with zero attached hydrogens (tertiary/aromatic N) is 2. The SMILES string of the molecule is O=C(c1c[nH]c(=O)cn1)N1CCCCCC1. The summed E-state index contributed by atoms with van der Waals surface area (Å²) in [6.45, 7) is 1.58. The minimum absolute atomic E-state index is 0.0850. The van der Waals surface area contributed by atoms with Crippen molar-refractivity contribution in [3.63, 3.8) is 0 Å². The fourth-order valence-electron chi connectivity index (χ4n) is 1.89. The third kappa shape index (κ3) is 2.48. The van der Waals surface area contributed by atoms with Gasteiger partial charge in [-0.1, -0.05) is 12.8 Å². The van der Waals surface area contributed by atoms with E-state index in [1.807, 2.05) is 4.90 Å². The molecule has 1 aliphatic heterocycles. The predicted molar refractivity (Wildman–Crippen MR) is 59.2 cm³/mol. The average molecular weight is 221 g/mol. The van der Waals surface area contributed by atoms with Crippen molar-refractivity contribution in [1.29, 1.82) is 0 Å². The van der Waals surface area contributed by atoms with Crippen molar-refractivity contribution in [3.05, 3.63) is 28.4 Å². The van der Waals surface area contributed by atoms with Crippen LogP contribution in [-0.2, 0) is 0 Å². The summed E-state index contributed by atoms with van der Waals surface area (Å²) in [6, 6.07) is 0. The highest BCUT2D eigenvalue weighted by Gasteiger charge is 2.18. The molecule has 2 rings (SSSR count). The van der Waals surface area contributed by atoms with Crippen LogP contribution in [0.3, 0.4) is 0 Å². The number of hydrogen-bond acceptors (Lipinski definition) is 3. The number of likely N-dealkylation sites (tertiary alicyclic amines) is 1. The van der Waals surface area contributed by atoms with Crippen LogP contribution in [0.5, 0.6) is 0 Å². The first-order valence-corrected chi connectivity index (χ1v) is 5.61.